The van der Waals surface area contributed by atoms with E-state index in [1.54, 1.807) is 6.07 Å². The van der Waals surface area contributed by atoms with Gasteiger partial charge < -0.3 is 11.1 Å². The van der Waals surface area contributed by atoms with Crippen molar-refractivity contribution in [3.8, 4) is 0 Å². The van der Waals surface area contributed by atoms with Crippen molar-refractivity contribution in [1.29, 1.82) is 0 Å². The minimum absolute atomic E-state index is 0.0542. The van der Waals surface area contributed by atoms with E-state index in [-0.39, 0.29) is 29.3 Å². The molecule has 0 aliphatic carbocycles. The molecule has 0 aliphatic rings. The number of halogens is 1. The van der Waals surface area contributed by atoms with E-state index in [0.29, 0.717) is 12.1 Å². The number of carbonyl (C=O) groups excluding carboxylic acids is 1. The first-order valence-electron chi connectivity index (χ1n) is 6.35. The molecule has 0 spiro atoms. The maximum Gasteiger partial charge on any atom is 0.234 e. The first-order valence-corrected chi connectivity index (χ1v) is 6.76. The Balaban J connectivity index is 2.73. The standard InChI is InChI=1S/C14H20FN3OS/c1-9(2)17-13(19)8-18(3)7-10-4-5-11(15)6-12(10)14(16)20/h4-6,9H,7-8H2,1-3H3,(H2,16,20)(H,17,19). The summed E-state index contributed by atoms with van der Waals surface area (Å²) in [5, 5.41) is 2.81. The molecule has 0 unspecified atom stereocenters. The van der Waals surface area contributed by atoms with Crippen LogP contribution < -0.4 is 11.1 Å². The Kier molecular flexibility index (Phi) is 6.04. The van der Waals surface area contributed by atoms with Gasteiger partial charge in [-0.1, -0.05) is 18.3 Å². The van der Waals surface area contributed by atoms with Gasteiger partial charge in [0.15, 0.2) is 0 Å². The number of amides is 1. The molecule has 4 nitrogen and oxygen atoms in total. The third-order valence-electron chi connectivity index (χ3n) is 2.64. The lowest BCUT2D eigenvalue weighted by Gasteiger charge is -2.19. The molecule has 3 N–H and O–H groups in total. The summed E-state index contributed by atoms with van der Waals surface area (Å²) in [6.07, 6.45) is 0. The molecule has 20 heavy (non-hydrogen) atoms. The molecule has 0 aromatic heterocycles. The van der Waals surface area contributed by atoms with Crippen molar-refractivity contribution in [1.82, 2.24) is 10.2 Å². The van der Waals surface area contributed by atoms with Crippen LogP contribution in [0.5, 0.6) is 0 Å². The minimum Gasteiger partial charge on any atom is -0.389 e. The fourth-order valence-corrected chi connectivity index (χ4v) is 2.07. The quantitative estimate of drug-likeness (QED) is 0.780. The van der Waals surface area contributed by atoms with Crippen molar-refractivity contribution in [2.45, 2.75) is 26.4 Å². The number of hydrogen-bond acceptors (Lipinski definition) is 3. The summed E-state index contributed by atoms with van der Waals surface area (Å²) in [5.74, 6) is -0.432. The van der Waals surface area contributed by atoms with Crippen LogP contribution in [-0.4, -0.2) is 35.4 Å². The average Bonchev–Trinajstić information content (AvgIpc) is 2.29. The molecule has 0 atom stereocenters. The van der Waals surface area contributed by atoms with Crippen LogP contribution >= 0.6 is 12.2 Å². The van der Waals surface area contributed by atoms with Gasteiger partial charge in [-0.15, -0.1) is 0 Å². The van der Waals surface area contributed by atoms with Gasteiger partial charge in [-0.2, -0.15) is 0 Å². The fourth-order valence-electron chi connectivity index (χ4n) is 1.88. The second-order valence-corrected chi connectivity index (χ2v) is 5.50. The molecule has 0 radical (unpaired) electrons. The molecule has 0 fully saturated rings. The number of thiocarbonyl (C=S) groups is 1. The van der Waals surface area contributed by atoms with Gasteiger partial charge in [0, 0.05) is 18.2 Å². The Morgan fingerprint density at radius 1 is 1.50 bits per heavy atom. The maximum atomic E-state index is 13.2. The Morgan fingerprint density at radius 2 is 2.15 bits per heavy atom. The van der Waals surface area contributed by atoms with Crippen molar-refractivity contribution < 1.29 is 9.18 Å². The lowest BCUT2D eigenvalue weighted by molar-refractivity contribution is -0.122. The number of benzene rings is 1. The Morgan fingerprint density at radius 3 is 2.70 bits per heavy atom. The summed E-state index contributed by atoms with van der Waals surface area (Å²) in [4.78, 5) is 13.6. The van der Waals surface area contributed by atoms with E-state index >= 15 is 0 Å². The number of nitrogens with one attached hydrogen (secondary N) is 1. The number of likely N-dealkylation sites (N-methyl/N-ethyl adjacent to an activating group) is 1. The molecule has 1 amide bonds. The van der Waals surface area contributed by atoms with Crippen molar-refractivity contribution in [3.63, 3.8) is 0 Å². The molecule has 1 rings (SSSR count). The average molecular weight is 297 g/mol. The first kappa shape index (κ1) is 16.5. The highest BCUT2D eigenvalue weighted by Crippen LogP contribution is 2.13. The van der Waals surface area contributed by atoms with Gasteiger partial charge in [-0.05, 0) is 38.6 Å². The molecular weight excluding hydrogens is 277 g/mol. The van der Waals surface area contributed by atoms with E-state index in [9.17, 15) is 9.18 Å². The Labute approximate surface area is 124 Å². The smallest absolute Gasteiger partial charge is 0.234 e. The van der Waals surface area contributed by atoms with Crippen molar-refractivity contribution in [2.24, 2.45) is 5.73 Å². The van der Waals surface area contributed by atoms with Crippen LogP contribution in [0.4, 0.5) is 4.39 Å². The Bertz CT molecular complexity index is 505. The topological polar surface area (TPSA) is 58.4 Å². The van der Waals surface area contributed by atoms with Gasteiger partial charge in [0.05, 0.1) is 6.54 Å². The van der Waals surface area contributed by atoms with E-state index in [0.717, 1.165) is 5.56 Å². The van der Waals surface area contributed by atoms with Gasteiger partial charge in [0.1, 0.15) is 10.8 Å². The summed E-state index contributed by atoms with van der Waals surface area (Å²) in [6.45, 7) is 4.54. The zero-order chi connectivity index (χ0) is 15.3. The second-order valence-electron chi connectivity index (χ2n) is 5.06. The zero-order valence-corrected chi connectivity index (χ0v) is 12.8. The van der Waals surface area contributed by atoms with E-state index in [4.69, 9.17) is 18.0 Å². The van der Waals surface area contributed by atoms with E-state index in [1.807, 2.05) is 25.8 Å². The van der Waals surface area contributed by atoms with E-state index in [1.165, 1.54) is 12.1 Å². The first-order chi connectivity index (χ1) is 9.29. The number of rotatable bonds is 6. The highest BCUT2D eigenvalue weighted by Gasteiger charge is 2.12. The molecule has 1 aromatic carbocycles. The third-order valence-corrected chi connectivity index (χ3v) is 2.86. The molecule has 0 saturated carbocycles. The van der Waals surface area contributed by atoms with Gasteiger partial charge in [0.2, 0.25) is 5.91 Å². The molecule has 110 valence electrons. The monoisotopic (exact) mass is 297 g/mol. The van der Waals surface area contributed by atoms with Gasteiger partial charge >= 0.3 is 0 Å². The lowest BCUT2D eigenvalue weighted by Crippen LogP contribution is -2.38. The Hall–Kier alpha value is -1.53. The minimum atomic E-state index is -0.378. The van der Waals surface area contributed by atoms with Gasteiger partial charge in [-0.25, -0.2) is 4.39 Å². The molecule has 0 bridgehead atoms. The predicted molar refractivity (Wildman–Crippen MR) is 81.9 cm³/mol. The second kappa shape index (κ2) is 7.31. The van der Waals surface area contributed by atoms with Crippen molar-refractivity contribution in [3.05, 3.63) is 35.1 Å². The van der Waals surface area contributed by atoms with Crippen LogP contribution in [0.25, 0.3) is 0 Å². The summed E-state index contributed by atoms with van der Waals surface area (Å²) in [5.41, 5.74) is 6.91. The van der Waals surface area contributed by atoms with Gasteiger partial charge in [-0.3, -0.25) is 9.69 Å². The normalized spacial score (nSPS) is 10.9. The molecule has 6 heteroatoms. The zero-order valence-electron chi connectivity index (χ0n) is 11.9. The van der Waals surface area contributed by atoms with Crippen LogP contribution in [0.15, 0.2) is 18.2 Å². The predicted octanol–water partition coefficient (Wildman–Crippen LogP) is 1.42. The fraction of sp³-hybridized carbons (Fsp3) is 0.429. The van der Waals surface area contributed by atoms with Gasteiger partial charge in [0.25, 0.3) is 0 Å². The van der Waals surface area contributed by atoms with E-state index < -0.39 is 0 Å². The largest absolute Gasteiger partial charge is 0.389 e. The lowest BCUT2D eigenvalue weighted by atomic mass is 10.1. The number of nitrogens with two attached hydrogens (primary N) is 1. The number of nitrogens with zero attached hydrogens (tertiary/aromatic N) is 1. The molecular formula is C14H20FN3OS. The molecule has 0 aliphatic heterocycles. The maximum absolute atomic E-state index is 13.2. The van der Waals surface area contributed by atoms with Crippen molar-refractivity contribution in [2.75, 3.05) is 13.6 Å². The summed E-state index contributed by atoms with van der Waals surface area (Å²) in [7, 11) is 1.81. The molecule has 0 saturated heterocycles. The van der Waals surface area contributed by atoms with Crippen LogP contribution in [0.1, 0.15) is 25.0 Å². The van der Waals surface area contributed by atoms with E-state index in [2.05, 4.69) is 5.32 Å². The summed E-state index contributed by atoms with van der Waals surface area (Å²) in [6, 6.07) is 4.42. The summed E-state index contributed by atoms with van der Waals surface area (Å²) >= 11 is 4.92. The number of carbonyl (C=O) groups is 1. The highest BCUT2D eigenvalue weighted by molar-refractivity contribution is 7.80. The van der Waals surface area contributed by atoms with Crippen molar-refractivity contribution >= 4 is 23.1 Å². The SMILES string of the molecule is CC(C)NC(=O)CN(C)Cc1ccc(F)cc1C(N)=S. The van der Waals surface area contributed by atoms with Crippen LogP contribution in [0, 0.1) is 5.82 Å². The molecule has 1 aromatic rings. The highest BCUT2D eigenvalue weighted by atomic mass is 32.1. The van der Waals surface area contributed by atoms with Crippen LogP contribution in [0.2, 0.25) is 0 Å². The summed E-state index contributed by atoms with van der Waals surface area (Å²) < 4.78 is 13.2. The third kappa shape index (κ3) is 5.22. The number of hydrogen-bond donors (Lipinski definition) is 2. The van der Waals surface area contributed by atoms with Crippen LogP contribution in [-0.2, 0) is 11.3 Å². The van der Waals surface area contributed by atoms with Crippen LogP contribution in [0.3, 0.4) is 0 Å². The molecule has 0 heterocycles.